The third kappa shape index (κ3) is 2.07. The summed E-state index contributed by atoms with van der Waals surface area (Å²) >= 11 is 0. The summed E-state index contributed by atoms with van der Waals surface area (Å²) in [5, 5.41) is 4.42. The molecule has 1 aromatic carbocycles. The molecule has 0 radical (unpaired) electrons. The van der Waals surface area contributed by atoms with Crippen molar-refractivity contribution in [3.63, 3.8) is 0 Å². The van der Waals surface area contributed by atoms with Crippen molar-refractivity contribution in [2.24, 2.45) is 0 Å². The van der Waals surface area contributed by atoms with Crippen LogP contribution in [-0.2, 0) is 4.74 Å². The summed E-state index contributed by atoms with van der Waals surface area (Å²) in [6.07, 6.45) is 5.45. The molecule has 4 rings (SSSR count). The normalized spacial score (nSPS) is 14.4. The first-order chi connectivity index (χ1) is 10.8. The molecule has 2 aromatic heterocycles. The molecule has 1 saturated carbocycles. The highest BCUT2D eigenvalue weighted by Crippen LogP contribution is 2.42. The van der Waals surface area contributed by atoms with Crippen LogP contribution in [0, 0.1) is 0 Å². The molecule has 2 heterocycles. The highest BCUT2D eigenvalue weighted by Gasteiger charge is 2.33. The van der Waals surface area contributed by atoms with Crippen molar-refractivity contribution in [1.29, 1.82) is 0 Å². The van der Waals surface area contributed by atoms with E-state index in [1.165, 1.54) is 0 Å². The second-order valence-corrected chi connectivity index (χ2v) is 5.45. The van der Waals surface area contributed by atoms with Gasteiger partial charge in [0, 0.05) is 5.92 Å². The molecule has 1 N–H and O–H groups in total. The molecular formula is C16H16N4O2. The first-order valence-corrected chi connectivity index (χ1v) is 7.46. The van der Waals surface area contributed by atoms with Crippen molar-refractivity contribution in [3.8, 4) is 5.69 Å². The first kappa shape index (κ1) is 13.1. The summed E-state index contributed by atoms with van der Waals surface area (Å²) in [6, 6.07) is 5.92. The molecule has 0 saturated heterocycles. The molecule has 1 fully saturated rings. The maximum atomic E-state index is 12.1. The molecule has 112 valence electrons. The second-order valence-electron chi connectivity index (χ2n) is 5.45. The van der Waals surface area contributed by atoms with Crippen LogP contribution in [0.2, 0.25) is 0 Å². The molecule has 0 spiro atoms. The van der Waals surface area contributed by atoms with Crippen LogP contribution in [0.4, 0.5) is 0 Å². The predicted octanol–water partition coefficient (Wildman–Crippen LogP) is 2.80. The zero-order valence-corrected chi connectivity index (χ0v) is 12.2. The first-order valence-electron chi connectivity index (χ1n) is 7.46. The number of ether oxygens (including phenoxy) is 1. The fourth-order valence-electron chi connectivity index (χ4n) is 2.73. The van der Waals surface area contributed by atoms with E-state index in [0.717, 1.165) is 35.3 Å². The number of aromatic nitrogens is 4. The van der Waals surface area contributed by atoms with Gasteiger partial charge >= 0.3 is 5.97 Å². The molecule has 1 aliphatic rings. The number of imidazole rings is 1. The number of nitrogens with zero attached hydrogens (tertiary/aromatic N) is 3. The van der Waals surface area contributed by atoms with E-state index in [1.807, 2.05) is 29.8 Å². The Balaban J connectivity index is 1.82. The van der Waals surface area contributed by atoms with Gasteiger partial charge in [-0.05, 0) is 38.0 Å². The molecule has 1 aliphatic carbocycles. The van der Waals surface area contributed by atoms with Gasteiger partial charge in [0.05, 0.1) is 41.5 Å². The number of nitrogens with one attached hydrogen (secondary N) is 1. The van der Waals surface area contributed by atoms with Gasteiger partial charge in [-0.1, -0.05) is 0 Å². The Morgan fingerprint density at radius 2 is 2.32 bits per heavy atom. The maximum absolute atomic E-state index is 12.1. The van der Waals surface area contributed by atoms with Gasteiger partial charge in [0.25, 0.3) is 0 Å². The number of esters is 1. The van der Waals surface area contributed by atoms with E-state index in [-0.39, 0.29) is 5.97 Å². The van der Waals surface area contributed by atoms with Crippen molar-refractivity contribution < 1.29 is 9.53 Å². The molecule has 0 amide bonds. The average Bonchev–Trinajstić information content (AvgIpc) is 3.10. The molecule has 3 aromatic rings. The van der Waals surface area contributed by atoms with E-state index >= 15 is 0 Å². The van der Waals surface area contributed by atoms with Crippen LogP contribution < -0.4 is 0 Å². The molecule has 0 atom stereocenters. The van der Waals surface area contributed by atoms with Crippen LogP contribution in [0.1, 0.15) is 41.7 Å². The van der Waals surface area contributed by atoms with E-state index in [1.54, 1.807) is 12.5 Å². The Bertz CT molecular complexity index is 845. The number of carbonyl (C=O) groups excluding carboxylic acids is 1. The van der Waals surface area contributed by atoms with E-state index in [9.17, 15) is 4.79 Å². The summed E-state index contributed by atoms with van der Waals surface area (Å²) in [6.45, 7) is 2.18. The van der Waals surface area contributed by atoms with Gasteiger partial charge in [-0.15, -0.1) is 0 Å². The van der Waals surface area contributed by atoms with E-state index in [2.05, 4.69) is 15.1 Å². The lowest BCUT2D eigenvalue weighted by Crippen LogP contribution is -2.09. The van der Waals surface area contributed by atoms with E-state index in [0.29, 0.717) is 18.1 Å². The van der Waals surface area contributed by atoms with Crippen LogP contribution in [0.15, 0.2) is 30.7 Å². The fourth-order valence-corrected chi connectivity index (χ4v) is 2.73. The molecule has 0 aliphatic heterocycles. The Morgan fingerprint density at radius 3 is 3.09 bits per heavy atom. The molecule has 0 bridgehead atoms. The van der Waals surface area contributed by atoms with Crippen LogP contribution in [0.5, 0.6) is 0 Å². The van der Waals surface area contributed by atoms with E-state index in [4.69, 9.17) is 4.74 Å². The lowest BCUT2D eigenvalue weighted by atomic mass is 10.1. The summed E-state index contributed by atoms with van der Waals surface area (Å²) in [5.41, 5.74) is 4.30. The summed E-state index contributed by atoms with van der Waals surface area (Å²) in [7, 11) is 0. The third-order valence-corrected chi connectivity index (χ3v) is 3.92. The van der Waals surface area contributed by atoms with Crippen LogP contribution in [0.25, 0.3) is 16.7 Å². The van der Waals surface area contributed by atoms with Gasteiger partial charge < -0.3 is 9.72 Å². The van der Waals surface area contributed by atoms with Gasteiger partial charge in [-0.2, -0.15) is 5.10 Å². The number of carbonyl (C=O) groups is 1. The highest BCUT2D eigenvalue weighted by atomic mass is 16.5. The average molecular weight is 296 g/mol. The number of hydrogen-bond acceptors (Lipinski definition) is 4. The minimum absolute atomic E-state index is 0.295. The van der Waals surface area contributed by atoms with Gasteiger partial charge in [0.2, 0.25) is 0 Å². The number of H-pyrrole nitrogens is 1. The van der Waals surface area contributed by atoms with Crippen molar-refractivity contribution in [2.45, 2.75) is 25.7 Å². The second kappa shape index (κ2) is 4.98. The summed E-state index contributed by atoms with van der Waals surface area (Å²) in [4.78, 5) is 19.5. The minimum Gasteiger partial charge on any atom is -0.462 e. The lowest BCUT2D eigenvalue weighted by Gasteiger charge is -2.08. The lowest BCUT2D eigenvalue weighted by molar-refractivity contribution is 0.0525. The van der Waals surface area contributed by atoms with E-state index < -0.39 is 0 Å². The Kier molecular flexibility index (Phi) is 2.96. The van der Waals surface area contributed by atoms with Gasteiger partial charge in [-0.3, -0.25) is 0 Å². The van der Waals surface area contributed by atoms with Crippen molar-refractivity contribution >= 4 is 17.0 Å². The number of benzene rings is 1. The van der Waals surface area contributed by atoms with Crippen LogP contribution in [0.3, 0.4) is 0 Å². The SMILES string of the molecule is CCOC(=O)c1cnn(-c2ccc3[nH]cnc3c2)c1C1CC1. The van der Waals surface area contributed by atoms with Gasteiger partial charge in [0.15, 0.2) is 0 Å². The van der Waals surface area contributed by atoms with Crippen molar-refractivity contribution in [2.75, 3.05) is 6.61 Å². The summed E-state index contributed by atoms with van der Waals surface area (Å²) < 4.78 is 6.99. The zero-order valence-electron chi connectivity index (χ0n) is 12.2. The van der Waals surface area contributed by atoms with Gasteiger partial charge in [0.1, 0.15) is 5.56 Å². The Hall–Kier alpha value is -2.63. The van der Waals surface area contributed by atoms with Crippen molar-refractivity contribution in [3.05, 3.63) is 42.0 Å². The third-order valence-electron chi connectivity index (χ3n) is 3.92. The molecule has 6 heteroatoms. The summed E-state index contributed by atoms with van der Waals surface area (Å²) in [5.74, 6) is 0.0910. The number of rotatable bonds is 4. The van der Waals surface area contributed by atoms with Gasteiger partial charge in [-0.25, -0.2) is 14.5 Å². The monoisotopic (exact) mass is 296 g/mol. The fraction of sp³-hybridized carbons (Fsp3) is 0.312. The molecule has 6 nitrogen and oxygen atoms in total. The van der Waals surface area contributed by atoms with Crippen molar-refractivity contribution in [1.82, 2.24) is 19.7 Å². The number of hydrogen-bond donors (Lipinski definition) is 1. The maximum Gasteiger partial charge on any atom is 0.341 e. The number of aromatic amines is 1. The topological polar surface area (TPSA) is 72.8 Å². The quantitative estimate of drug-likeness (QED) is 0.751. The minimum atomic E-state index is -0.295. The standard InChI is InChI=1S/C16H16N4O2/c1-2-22-16(21)12-8-19-20(15(12)10-3-4-10)11-5-6-13-14(7-11)18-9-17-13/h5-10H,2-4H2,1H3,(H,17,18). The Labute approximate surface area is 127 Å². The molecular weight excluding hydrogens is 280 g/mol. The Morgan fingerprint density at radius 1 is 1.45 bits per heavy atom. The molecule has 0 unspecified atom stereocenters. The zero-order chi connectivity index (χ0) is 15.1. The molecule has 22 heavy (non-hydrogen) atoms. The highest BCUT2D eigenvalue weighted by molar-refractivity contribution is 5.91. The van der Waals surface area contributed by atoms with Crippen LogP contribution >= 0.6 is 0 Å². The number of fused-ring (bicyclic) bond motifs is 1. The van der Waals surface area contributed by atoms with Crippen LogP contribution in [-0.4, -0.2) is 32.3 Å². The smallest absolute Gasteiger partial charge is 0.341 e. The largest absolute Gasteiger partial charge is 0.462 e. The predicted molar refractivity (Wildman–Crippen MR) is 81.1 cm³/mol.